The van der Waals surface area contributed by atoms with E-state index >= 15 is 0 Å². The van der Waals surface area contributed by atoms with E-state index in [0.29, 0.717) is 11.4 Å². The highest BCUT2D eigenvalue weighted by atomic mass is 16.6. The third kappa shape index (κ3) is 4.83. The highest BCUT2D eigenvalue weighted by Gasteiger charge is 2.25. The fourth-order valence-electron chi connectivity index (χ4n) is 3.41. The normalized spacial score (nSPS) is 13.0. The van der Waals surface area contributed by atoms with Gasteiger partial charge in [0.1, 0.15) is 0 Å². The number of esters is 1. The lowest BCUT2D eigenvalue weighted by molar-refractivity contribution is -0.384. The molecule has 0 bridgehead atoms. The first-order chi connectivity index (χ1) is 14.5. The molecule has 2 aromatic rings. The summed E-state index contributed by atoms with van der Waals surface area (Å²) in [6, 6.07) is 13.1. The van der Waals surface area contributed by atoms with Crippen LogP contribution in [0.3, 0.4) is 0 Å². The van der Waals surface area contributed by atoms with Gasteiger partial charge in [0.05, 0.1) is 16.2 Å². The predicted molar refractivity (Wildman–Crippen MR) is 114 cm³/mol. The minimum Gasteiger partial charge on any atom is -0.452 e. The molecule has 30 heavy (non-hydrogen) atoms. The molecule has 1 amide bonds. The van der Waals surface area contributed by atoms with Gasteiger partial charge in [-0.3, -0.25) is 14.9 Å². The zero-order valence-electron chi connectivity index (χ0n) is 16.5. The van der Waals surface area contributed by atoms with Crippen LogP contribution in [-0.2, 0) is 9.53 Å². The molecule has 8 nitrogen and oxygen atoms in total. The molecule has 0 unspecified atom stereocenters. The highest BCUT2D eigenvalue weighted by molar-refractivity contribution is 6.00. The molecule has 1 heterocycles. The maximum Gasteiger partial charge on any atom is 0.341 e. The van der Waals surface area contributed by atoms with Gasteiger partial charge in [0.2, 0.25) is 0 Å². The maximum absolute atomic E-state index is 12.8. The molecular formula is C22H23N3O5. The van der Waals surface area contributed by atoms with E-state index in [1.54, 1.807) is 36.4 Å². The molecule has 0 N–H and O–H groups in total. The maximum atomic E-state index is 12.8. The molecule has 0 aliphatic carbocycles. The molecular weight excluding hydrogens is 386 g/mol. The number of ether oxygens (including phenoxy) is 1. The van der Waals surface area contributed by atoms with E-state index in [2.05, 4.69) is 6.58 Å². The van der Waals surface area contributed by atoms with Crippen molar-refractivity contribution in [3.63, 3.8) is 0 Å². The van der Waals surface area contributed by atoms with E-state index in [9.17, 15) is 19.7 Å². The Kier molecular flexibility index (Phi) is 6.79. The fraction of sp³-hybridized carbons (Fsp3) is 0.273. The average molecular weight is 409 g/mol. The van der Waals surface area contributed by atoms with Gasteiger partial charge in [0.25, 0.3) is 11.6 Å². The highest BCUT2D eigenvalue weighted by Crippen LogP contribution is 2.29. The zero-order chi connectivity index (χ0) is 21.5. The number of hydrogen-bond acceptors (Lipinski definition) is 6. The van der Waals surface area contributed by atoms with Crippen LogP contribution >= 0.6 is 0 Å². The van der Waals surface area contributed by atoms with Gasteiger partial charge in [-0.1, -0.05) is 24.3 Å². The number of carbonyl (C=O) groups is 2. The first-order valence-electron chi connectivity index (χ1n) is 9.68. The van der Waals surface area contributed by atoms with Gasteiger partial charge in [0.15, 0.2) is 6.61 Å². The Balaban J connectivity index is 1.77. The number of rotatable bonds is 8. The van der Waals surface area contributed by atoms with Crippen LogP contribution in [0, 0.1) is 10.1 Å². The monoisotopic (exact) mass is 409 g/mol. The van der Waals surface area contributed by atoms with E-state index in [0.717, 1.165) is 25.9 Å². The third-order valence-electron chi connectivity index (χ3n) is 4.86. The zero-order valence-corrected chi connectivity index (χ0v) is 16.5. The number of para-hydroxylation sites is 1. The Morgan fingerprint density at radius 1 is 1.17 bits per heavy atom. The van der Waals surface area contributed by atoms with E-state index in [1.165, 1.54) is 17.0 Å². The molecule has 8 heteroatoms. The standard InChI is InChI=1S/C22H23N3O5/c1-2-12-24(17-8-4-3-5-9-17)21(26)16-30-22(27)19-15-18(25(28)29)10-11-20(19)23-13-6-7-14-23/h2-5,8-11,15H,1,6-7,12-14,16H2. The number of amides is 1. The Labute approximate surface area is 174 Å². The van der Waals surface area contributed by atoms with Crippen molar-refractivity contribution in [3.05, 3.63) is 76.9 Å². The molecule has 0 radical (unpaired) electrons. The summed E-state index contributed by atoms with van der Waals surface area (Å²) < 4.78 is 5.26. The minimum atomic E-state index is -0.763. The Hall–Kier alpha value is -3.68. The number of nitro benzene ring substituents is 1. The van der Waals surface area contributed by atoms with Crippen LogP contribution in [0.5, 0.6) is 0 Å². The van der Waals surface area contributed by atoms with Crippen molar-refractivity contribution in [3.8, 4) is 0 Å². The molecule has 0 aromatic heterocycles. The number of hydrogen-bond donors (Lipinski definition) is 0. The first kappa shape index (κ1) is 21.0. The topological polar surface area (TPSA) is 93.0 Å². The summed E-state index contributed by atoms with van der Waals surface area (Å²) in [6.45, 7) is 4.96. The van der Waals surface area contributed by atoms with Gasteiger partial charge in [-0.2, -0.15) is 0 Å². The second-order valence-corrected chi connectivity index (χ2v) is 6.86. The van der Waals surface area contributed by atoms with Crippen molar-refractivity contribution >= 4 is 28.9 Å². The van der Waals surface area contributed by atoms with Crippen molar-refractivity contribution in [1.82, 2.24) is 0 Å². The van der Waals surface area contributed by atoms with Gasteiger partial charge in [-0.25, -0.2) is 4.79 Å². The Morgan fingerprint density at radius 3 is 2.50 bits per heavy atom. The van der Waals surface area contributed by atoms with Crippen molar-refractivity contribution < 1.29 is 19.2 Å². The SMILES string of the molecule is C=CCN(C(=O)COC(=O)c1cc([N+](=O)[O-])ccc1N1CCCC1)c1ccccc1. The molecule has 1 aliphatic heterocycles. The number of nitrogens with zero attached hydrogens (tertiary/aromatic N) is 3. The van der Waals surface area contributed by atoms with E-state index in [4.69, 9.17) is 4.74 Å². The molecule has 1 aliphatic rings. The Bertz CT molecular complexity index is 939. The smallest absolute Gasteiger partial charge is 0.341 e. The first-order valence-corrected chi connectivity index (χ1v) is 9.68. The van der Waals surface area contributed by atoms with Crippen molar-refractivity contribution in [2.75, 3.05) is 36.0 Å². The summed E-state index contributed by atoms with van der Waals surface area (Å²) in [5, 5.41) is 11.2. The van der Waals surface area contributed by atoms with Gasteiger partial charge >= 0.3 is 5.97 Å². The molecule has 0 atom stereocenters. The van der Waals surface area contributed by atoms with Gasteiger partial charge in [-0.15, -0.1) is 6.58 Å². The van der Waals surface area contributed by atoms with Crippen LogP contribution in [0.2, 0.25) is 0 Å². The van der Waals surface area contributed by atoms with Crippen molar-refractivity contribution in [2.45, 2.75) is 12.8 Å². The summed E-state index contributed by atoms with van der Waals surface area (Å²) in [7, 11) is 0. The van der Waals surface area contributed by atoms with Crippen LogP contribution in [0.4, 0.5) is 17.1 Å². The molecule has 0 saturated carbocycles. The van der Waals surface area contributed by atoms with Crippen LogP contribution in [0.1, 0.15) is 23.2 Å². The van der Waals surface area contributed by atoms with E-state index in [-0.39, 0.29) is 17.8 Å². The number of benzene rings is 2. The van der Waals surface area contributed by atoms with Gasteiger partial charge < -0.3 is 14.5 Å². The van der Waals surface area contributed by atoms with E-state index in [1.807, 2.05) is 11.0 Å². The summed E-state index contributed by atoms with van der Waals surface area (Å²) in [5.74, 6) is -1.18. The lowest BCUT2D eigenvalue weighted by Gasteiger charge is -2.22. The number of anilines is 2. The summed E-state index contributed by atoms with van der Waals surface area (Å²) in [4.78, 5) is 39.5. The van der Waals surface area contributed by atoms with Crippen LogP contribution in [-0.4, -0.2) is 43.0 Å². The largest absolute Gasteiger partial charge is 0.452 e. The van der Waals surface area contributed by atoms with Gasteiger partial charge in [0, 0.05) is 37.5 Å². The summed E-state index contributed by atoms with van der Waals surface area (Å²) in [6.07, 6.45) is 3.55. The molecule has 0 spiro atoms. The predicted octanol–water partition coefficient (Wildman–Crippen LogP) is 3.57. The molecule has 2 aromatic carbocycles. The number of non-ortho nitro benzene ring substituents is 1. The molecule has 1 saturated heterocycles. The lowest BCUT2D eigenvalue weighted by Crippen LogP contribution is -2.35. The van der Waals surface area contributed by atoms with Crippen LogP contribution in [0.25, 0.3) is 0 Å². The second-order valence-electron chi connectivity index (χ2n) is 6.86. The average Bonchev–Trinajstić information content (AvgIpc) is 3.30. The summed E-state index contributed by atoms with van der Waals surface area (Å²) in [5.41, 5.74) is 1.13. The molecule has 3 rings (SSSR count). The summed E-state index contributed by atoms with van der Waals surface area (Å²) >= 11 is 0. The van der Waals surface area contributed by atoms with Crippen LogP contribution in [0.15, 0.2) is 61.2 Å². The second kappa shape index (κ2) is 9.69. The lowest BCUT2D eigenvalue weighted by atomic mass is 10.1. The number of carbonyl (C=O) groups excluding carboxylic acids is 2. The van der Waals surface area contributed by atoms with Gasteiger partial charge in [-0.05, 0) is 31.0 Å². The number of nitro groups is 1. The van der Waals surface area contributed by atoms with Crippen molar-refractivity contribution in [1.29, 1.82) is 0 Å². The quantitative estimate of drug-likeness (QED) is 0.286. The fourth-order valence-corrected chi connectivity index (χ4v) is 3.41. The van der Waals surface area contributed by atoms with Crippen LogP contribution < -0.4 is 9.80 Å². The molecule has 1 fully saturated rings. The Morgan fingerprint density at radius 2 is 1.87 bits per heavy atom. The van der Waals surface area contributed by atoms with Crippen molar-refractivity contribution in [2.24, 2.45) is 0 Å². The molecule has 156 valence electrons. The third-order valence-corrected chi connectivity index (χ3v) is 4.86. The minimum absolute atomic E-state index is 0.0916. The van der Waals surface area contributed by atoms with E-state index < -0.39 is 23.4 Å².